The van der Waals surface area contributed by atoms with E-state index in [1.807, 2.05) is 72.8 Å². The molecule has 0 spiro atoms. The molecule has 0 aliphatic carbocycles. The summed E-state index contributed by atoms with van der Waals surface area (Å²) in [6, 6.07) is 19.6. The van der Waals surface area contributed by atoms with Gasteiger partial charge in [0.25, 0.3) is 0 Å². The molecule has 1 aliphatic heterocycles. The fourth-order valence-electron chi connectivity index (χ4n) is 2.77. The SMILES string of the molecule is O=CC1OC=CC(O)=C1C(C=Cc1ccccc1)c1ccccc1. The molecule has 120 valence electrons. The maximum Gasteiger partial charge on any atom is 0.179 e. The summed E-state index contributed by atoms with van der Waals surface area (Å²) in [5, 5.41) is 10.3. The third-order valence-corrected chi connectivity index (χ3v) is 3.95. The summed E-state index contributed by atoms with van der Waals surface area (Å²) in [6.45, 7) is 0. The van der Waals surface area contributed by atoms with Gasteiger partial charge in [0, 0.05) is 17.6 Å². The Balaban J connectivity index is 2.04. The molecule has 0 amide bonds. The lowest BCUT2D eigenvalue weighted by Crippen LogP contribution is -2.23. The summed E-state index contributed by atoms with van der Waals surface area (Å²) in [7, 11) is 0. The number of aldehydes is 1. The third kappa shape index (κ3) is 3.46. The molecule has 0 radical (unpaired) electrons. The van der Waals surface area contributed by atoms with Gasteiger partial charge in [-0.2, -0.15) is 0 Å². The molecule has 1 heterocycles. The Kier molecular flexibility index (Phi) is 4.92. The van der Waals surface area contributed by atoms with Crippen molar-refractivity contribution in [3.63, 3.8) is 0 Å². The minimum Gasteiger partial charge on any atom is -0.508 e. The van der Waals surface area contributed by atoms with Gasteiger partial charge in [-0.25, -0.2) is 0 Å². The number of aliphatic hydroxyl groups is 1. The Morgan fingerprint density at radius 2 is 1.67 bits per heavy atom. The van der Waals surface area contributed by atoms with E-state index in [2.05, 4.69) is 0 Å². The van der Waals surface area contributed by atoms with Crippen molar-refractivity contribution in [2.75, 3.05) is 0 Å². The van der Waals surface area contributed by atoms with Crippen LogP contribution in [0.4, 0.5) is 0 Å². The van der Waals surface area contributed by atoms with Gasteiger partial charge in [-0.05, 0) is 11.1 Å². The number of carbonyl (C=O) groups excluding carboxylic acids is 1. The number of hydrogen-bond acceptors (Lipinski definition) is 3. The van der Waals surface area contributed by atoms with E-state index >= 15 is 0 Å². The largest absolute Gasteiger partial charge is 0.508 e. The van der Waals surface area contributed by atoms with Crippen LogP contribution in [0.15, 0.2) is 90.4 Å². The van der Waals surface area contributed by atoms with Crippen molar-refractivity contribution in [1.29, 1.82) is 0 Å². The van der Waals surface area contributed by atoms with Gasteiger partial charge in [0.15, 0.2) is 12.4 Å². The van der Waals surface area contributed by atoms with Crippen molar-refractivity contribution in [3.8, 4) is 0 Å². The fourth-order valence-corrected chi connectivity index (χ4v) is 2.77. The molecule has 1 aliphatic rings. The summed E-state index contributed by atoms with van der Waals surface area (Å²) in [5.41, 5.74) is 2.58. The van der Waals surface area contributed by atoms with E-state index in [0.717, 1.165) is 11.1 Å². The lowest BCUT2D eigenvalue weighted by Gasteiger charge is -2.25. The first-order chi connectivity index (χ1) is 11.8. The van der Waals surface area contributed by atoms with E-state index in [-0.39, 0.29) is 11.7 Å². The zero-order valence-electron chi connectivity index (χ0n) is 13.1. The molecule has 1 N–H and O–H groups in total. The molecule has 24 heavy (non-hydrogen) atoms. The molecule has 2 aromatic rings. The van der Waals surface area contributed by atoms with E-state index in [9.17, 15) is 9.90 Å². The van der Waals surface area contributed by atoms with E-state index in [1.165, 1.54) is 12.3 Å². The summed E-state index contributed by atoms with van der Waals surface area (Å²) in [4.78, 5) is 11.4. The van der Waals surface area contributed by atoms with E-state index < -0.39 is 6.10 Å². The maximum absolute atomic E-state index is 11.4. The monoisotopic (exact) mass is 318 g/mol. The van der Waals surface area contributed by atoms with Gasteiger partial charge in [0.1, 0.15) is 5.76 Å². The highest BCUT2D eigenvalue weighted by Crippen LogP contribution is 2.33. The van der Waals surface area contributed by atoms with Crippen molar-refractivity contribution < 1.29 is 14.6 Å². The number of benzene rings is 2. The second kappa shape index (κ2) is 7.47. The van der Waals surface area contributed by atoms with Crippen molar-refractivity contribution >= 4 is 12.4 Å². The summed E-state index contributed by atoms with van der Waals surface area (Å²) in [6.07, 6.45) is 6.71. The smallest absolute Gasteiger partial charge is 0.179 e. The van der Waals surface area contributed by atoms with Crippen molar-refractivity contribution in [3.05, 3.63) is 102 Å². The highest BCUT2D eigenvalue weighted by Gasteiger charge is 2.28. The second-order valence-corrected chi connectivity index (χ2v) is 5.49. The predicted octanol–water partition coefficient (Wildman–Crippen LogP) is 4.41. The molecule has 2 unspecified atom stereocenters. The van der Waals surface area contributed by atoms with Crippen LogP contribution in [0.2, 0.25) is 0 Å². The lowest BCUT2D eigenvalue weighted by molar-refractivity contribution is -0.114. The van der Waals surface area contributed by atoms with Gasteiger partial charge >= 0.3 is 0 Å². The molecule has 0 saturated carbocycles. The van der Waals surface area contributed by atoms with Crippen LogP contribution in [-0.4, -0.2) is 17.5 Å². The van der Waals surface area contributed by atoms with Gasteiger partial charge in [0.2, 0.25) is 0 Å². The molecule has 0 aromatic heterocycles. The van der Waals surface area contributed by atoms with Crippen LogP contribution in [0.25, 0.3) is 6.08 Å². The molecule has 3 nitrogen and oxygen atoms in total. The van der Waals surface area contributed by atoms with Crippen LogP contribution in [0.3, 0.4) is 0 Å². The van der Waals surface area contributed by atoms with Crippen LogP contribution in [0.5, 0.6) is 0 Å². The van der Waals surface area contributed by atoms with Crippen LogP contribution in [0.1, 0.15) is 17.0 Å². The Labute approximate surface area is 141 Å². The van der Waals surface area contributed by atoms with Gasteiger partial charge in [-0.1, -0.05) is 72.8 Å². The molecule has 3 rings (SSSR count). The first-order valence-electron chi connectivity index (χ1n) is 7.78. The third-order valence-electron chi connectivity index (χ3n) is 3.95. The van der Waals surface area contributed by atoms with Gasteiger partial charge in [0.05, 0.1) is 6.26 Å². The number of rotatable bonds is 5. The van der Waals surface area contributed by atoms with Crippen LogP contribution < -0.4 is 0 Å². The van der Waals surface area contributed by atoms with Gasteiger partial charge < -0.3 is 9.84 Å². The number of ether oxygens (including phenoxy) is 1. The molecule has 2 atom stereocenters. The standard InChI is InChI=1S/C21H18O3/c22-15-20-21(19(23)13-14-24-20)18(17-9-5-2-6-10-17)12-11-16-7-3-1-4-8-16/h1-15,18,20,23H. The fraction of sp³-hybridized carbons (Fsp3) is 0.0952. The second-order valence-electron chi connectivity index (χ2n) is 5.49. The number of hydrogen-bond donors (Lipinski definition) is 1. The van der Waals surface area contributed by atoms with Crippen LogP contribution >= 0.6 is 0 Å². The first kappa shape index (κ1) is 15.8. The maximum atomic E-state index is 11.4. The highest BCUT2D eigenvalue weighted by atomic mass is 16.5. The number of aliphatic hydroxyl groups excluding tert-OH is 1. The van der Waals surface area contributed by atoms with Crippen molar-refractivity contribution in [2.24, 2.45) is 0 Å². The number of carbonyl (C=O) groups is 1. The van der Waals surface area contributed by atoms with Crippen LogP contribution in [0, 0.1) is 0 Å². The number of allylic oxidation sites excluding steroid dienone is 2. The molecule has 0 saturated heterocycles. The molecular formula is C21H18O3. The Hall–Kier alpha value is -3.07. The normalized spacial score (nSPS) is 18.4. The van der Waals surface area contributed by atoms with Crippen LogP contribution in [-0.2, 0) is 9.53 Å². The van der Waals surface area contributed by atoms with Gasteiger partial charge in [-0.15, -0.1) is 0 Å². The average molecular weight is 318 g/mol. The minimum atomic E-state index is -0.791. The average Bonchev–Trinajstić information content (AvgIpc) is 2.64. The molecular weight excluding hydrogens is 300 g/mol. The Morgan fingerprint density at radius 3 is 2.33 bits per heavy atom. The molecule has 0 fully saturated rings. The quantitative estimate of drug-likeness (QED) is 0.831. The topological polar surface area (TPSA) is 46.5 Å². The molecule has 0 bridgehead atoms. The van der Waals surface area contributed by atoms with E-state index in [4.69, 9.17) is 4.74 Å². The Bertz CT molecular complexity index is 773. The first-order valence-corrected chi connectivity index (χ1v) is 7.78. The molecule has 3 heteroatoms. The lowest BCUT2D eigenvalue weighted by atomic mass is 9.85. The summed E-state index contributed by atoms with van der Waals surface area (Å²) >= 11 is 0. The molecule has 2 aromatic carbocycles. The van der Waals surface area contributed by atoms with Crippen molar-refractivity contribution in [1.82, 2.24) is 0 Å². The Morgan fingerprint density at radius 1 is 1.00 bits per heavy atom. The van der Waals surface area contributed by atoms with E-state index in [0.29, 0.717) is 11.9 Å². The van der Waals surface area contributed by atoms with Crippen molar-refractivity contribution in [2.45, 2.75) is 12.0 Å². The highest BCUT2D eigenvalue weighted by molar-refractivity contribution is 5.66. The zero-order chi connectivity index (χ0) is 16.8. The summed E-state index contributed by atoms with van der Waals surface area (Å²) in [5.74, 6) is -0.184. The summed E-state index contributed by atoms with van der Waals surface area (Å²) < 4.78 is 5.36. The predicted molar refractivity (Wildman–Crippen MR) is 94.4 cm³/mol. The minimum absolute atomic E-state index is 0.0740. The zero-order valence-corrected chi connectivity index (χ0v) is 13.1. The van der Waals surface area contributed by atoms with E-state index in [1.54, 1.807) is 0 Å². The van der Waals surface area contributed by atoms with Gasteiger partial charge in [-0.3, -0.25) is 4.79 Å².